The number of rotatable bonds is 7. The molecule has 2 saturated heterocycles. The van der Waals surface area contributed by atoms with Gasteiger partial charge < -0.3 is 14.6 Å². The van der Waals surface area contributed by atoms with Crippen LogP contribution in [0.3, 0.4) is 0 Å². The molecule has 1 aromatic carbocycles. The largest absolute Gasteiger partial charge is 0.466 e. The molecule has 7 heteroatoms. The molecule has 2 N–H and O–H groups in total. The highest BCUT2D eigenvalue weighted by Crippen LogP contribution is 2.35. The van der Waals surface area contributed by atoms with E-state index < -0.39 is 11.6 Å². The standard InChI is InChI=1S/C24H30FN3O3/c1-16(21-8-7-17(2)31-21)9-12-28-13-10-19(11-14-28)24(22(29)26-23(30)27-24)15-18-5-3-4-6-20(18)25/h3-8,16,19H,9-15H2,1-2H3,(H2,26,27,29,30)/t16-,24+/m1/s1. The molecule has 3 heterocycles. The lowest BCUT2D eigenvalue weighted by Gasteiger charge is -2.41. The normalized spacial score (nSPS) is 23.6. The molecule has 31 heavy (non-hydrogen) atoms. The first kappa shape index (κ1) is 21.6. The molecule has 0 spiro atoms. The van der Waals surface area contributed by atoms with Gasteiger partial charge in [-0.1, -0.05) is 25.1 Å². The van der Waals surface area contributed by atoms with Crippen LogP contribution in [-0.2, 0) is 11.2 Å². The summed E-state index contributed by atoms with van der Waals surface area (Å²) in [7, 11) is 0. The van der Waals surface area contributed by atoms with Gasteiger partial charge in [0.1, 0.15) is 22.9 Å². The van der Waals surface area contributed by atoms with Crippen molar-refractivity contribution < 1.29 is 18.4 Å². The van der Waals surface area contributed by atoms with E-state index >= 15 is 0 Å². The van der Waals surface area contributed by atoms with Crippen molar-refractivity contribution in [3.8, 4) is 0 Å². The van der Waals surface area contributed by atoms with E-state index in [2.05, 4.69) is 22.5 Å². The predicted octanol–water partition coefficient (Wildman–Crippen LogP) is 3.75. The van der Waals surface area contributed by atoms with Crippen molar-refractivity contribution in [3.63, 3.8) is 0 Å². The summed E-state index contributed by atoms with van der Waals surface area (Å²) < 4.78 is 20.1. The van der Waals surface area contributed by atoms with Gasteiger partial charge in [0, 0.05) is 12.3 Å². The molecule has 3 amide bonds. The number of carbonyl (C=O) groups is 2. The Hall–Kier alpha value is -2.67. The van der Waals surface area contributed by atoms with Crippen molar-refractivity contribution in [2.24, 2.45) is 5.92 Å². The van der Waals surface area contributed by atoms with Gasteiger partial charge in [-0.15, -0.1) is 0 Å². The summed E-state index contributed by atoms with van der Waals surface area (Å²) in [5, 5.41) is 5.23. The first-order valence-corrected chi connectivity index (χ1v) is 11.0. The van der Waals surface area contributed by atoms with Gasteiger partial charge in [0.15, 0.2) is 0 Å². The topological polar surface area (TPSA) is 74.6 Å². The summed E-state index contributed by atoms with van der Waals surface area (Å²) in [4.78, 5) is 27.2. The third-order valence-electron chi connectivity index (χ3n) is 6.81. The van der Waals surface area contributed by atoms with Crippen LogP contribution in [0.4, 0.5) is 9.18 Å². The molecule has 0 aliphatic carbocycles. The smallest absolute Gasteiger partial charge is 0.322 e. The molecule has 2 atom stereocenters. The Balaban J connectivity index is 1.39. The number of furan rings is 1. The van der Waals surface area contributed by atoms with Crippen LogP contribution in [0.1, 0.15) is 49.2 Å². The Labute approximate surface area is 182 Å². The minimum atomic E-state index is -1.09. The molecule has 2 aliphatic rings. The molecule has 2 fully saturated rings. The molecule has 1 aromatic heterocycles. The van der Waals surface area contributed by atoms with Crippen LogP contribution < -0.4 is 10.6 Å². The van der Waals surface area contributed by atoms with Gasteiger partial charge in [0.25, 0.3) is 5.91 Å². The summed E-state index contributed by atoms with van der Waals surface area (Å²) in [6.07, 6.45) is 2.71. The number of nitrogens with one attached hydrogen (secondary N) is 2. The van der Waals surface area contributed by atoms with Crippen LogP contribution in [-0.4, -0.2) is 42.0 Å². The van der Waals surface area contributed by atoms with Gasteiger partial charge in [-0.25, -0.2) is 9.18 Å². The quantitative estimate of drug-likeness (QED) is 0.660. The summed E-state index contributed by atoms with van der Waals surface area (Å²) >= 11 is 0. The molecule has 166 valence electrons. The van der Waals surface area contributed by atoms with Crippen LogP contribution >= 0.6 is 0 Å². The number of aryl methyl sites for hydroxylation is 1. The van der Waals surface area contributed by atoms with E-state index in [-0.39, 0.29) is 24.1 Å². The fourth-order valence-corrected chi connectivity index (χ4v) is 4.89. The van der Waals surface area contributed by atoms with Crippen LogP contribution in [0.2, 0.25) is 0 Å². The number of benzene rings is 1. The average molecular weight is 428 g/mol. The number of hydrogen-bond donors (Lipinski definition) is 2. The number of urea groups is 1. The highest BCUT2D eigenvalue weighted by Gasteiger charge is 2.52. The maximum absolute atomic E-state index is 14.3. The molecule has 6 nitrogen and oxygen atoms in total. The number of halogens is 1. The van der Waals surface area contributed by atoms with Crippen molar-refractivity contribution >= 4 is 11.9 Å². The van der Waals surface area contributed by atoms with Crippen molar-refractivity contribution in [1.29, 1.82) is 0 Å². The van der Waals surface area contributed by atoms with Crippen LogP contribution in [0.5, 0.6) is 0 Å². The van der Waals surface area contributed by atoms with Gasteiger partial charge in [0.2, 0.25) is 0 Å². The zero-order chi connectivity index (χ0) is 22.0. The highest BCUT2D eigenvalue weighted by atomic mass is 19.1. The zero-order valence-corrected chi connectivity index (χ0v) is 18.1. The molecule has 0 radical (unpaired) electrons. The lowest BCUT2D eigenvalue weighted by molar-refractivity contribution is -0.126. The second-order valence-corrected chi connectivity index (χ2v) is 8.90. The monoisotopic (exact) mass is 427 g/mol. The lowest BCUT2D eigenvalue weighted by atomic mass is 9.74. The summed E-state index contributed by atoms with van der Waals surface area (Å²) in [5.41, 5.74) is -0.644. The lowest BCUT2D eigenvalue weighted by Crippen LogP contribution is -2.57. The third kappa shape index (κ3) is 4.51. The number of imide groups is 1. The van der Waals surface area contributed by atoms with Crippen molar-refractivity contribution in [3.05, 3.63) is 59.3 Å². The molecular formula is C24H30FN3O3. The first-order valence-electron chi connectivity index (χ1n) is 11.0. The fraction of sp³-hybridized carbons (Fsp3) is 0.500. The number of amides is 3. The maximum atomic E-state index is 14.3. The predicted molar refractivity (Wildman–Crippen MR) is 115 cm³/mol. The van der Waals surface area contributed by atoms with E-state index in [0.29, 0.717) is 11.5 Å². The second kappa shape index (κ2) is 8.83. The van der Waals surface area contributed by atoms with Crippen molar-refractivity contribution in [2.75, 3.05) is 19.6 Å². The van der Waals surface area contributed by atoms with E-state index in [4.69, 9.17) is 4.42 Å². The van der Waals surface area contributed by atoms with Gasteiger partial charge in [-0.2, -0.15) is 0 Å². The second-order valence-electron chi connectivity index (χ2n) is 8.90. The molecule has 0 bridgehead atoms. The minimum Gasteiger partial charge on any atom is -0.466 e. The van der Waals surface area contributed by atoms with Crippen LogP contribution in [0.15, 0.2) is 40.8 Å². The highest BCUT2D eigenvalue weighted by molar-refractivity contribution is 6.07. The van der Waals surface area contributed by atoms with Crippen LogP contribution in [0.25, 0.3) is 0 Å². The first-order chi connectivity index (χ1) is 14.9. The SMILES string of the molecule is Cc1ccc([C@H](C)CCN2CCC([C@]3(Cc4ccccc4F)NC(=O)NC3=O)CC2)o1. The molecule has 2 aliphatic heterocycles. The Morgan fingerprint density at radius 3 is 2.55 bits per heavy atom. The number of likely N-dealkylation sites (tertiary alicyclic amines) is 1. The number of hydrogen-bond acceptors (Lipinski definition) is 4. The Kier molecular flexibility index (Phi) is 6.14. The molecule has 2 aromatic rings. The molecule has 4 rings (SSSR count). The van der Waals surface area contributed by atoms with Crippen LogP contribution in [0, 0.1) is 18.7 Å². The fourth-order valence-electron chi connectivity index (χ4n) is 4.89. The van der Waals surface area contributed by atoms with Gasteiger partial charge >= 0.3 is 6.03 Å². The summed E-state index contributed by atoms with van der Waals surface area (Å²) in [6.45, 7) is 6.77. The molecule has 0 unspecified atom stereocenters. The van der Waals surface area contributed by atoms with Gasteiger partial charge in [-0.3, -0.25) is 10.1 Å². The van der Waals surface area contributed by atoms with E-state index in [0.717, 1.165) is 50.4 Å². The Bertz CT molecular complexity index is 951. The summed E-state index contributed by atoms with van der Waals surface area (Å²) in [6, 6.07) is 10.00. The van der Waals surface area contributed by atoms with Gasteiger partial charge in [-0.05, 0) is 75.5 Å². The van der Waals surface area contributed by atoms with Crippen molar-refractivity contribution in [1.82, 2.24) is 15.5 Å². The van der Waals surface area contributed by atoms with Crippen molar-refractivity contribution in [2.45, 2.75) is 51.0 Å². The number of carbonyl (C=O) groups excluding carboxylic acids is 2. The Morgan fingerprint density at radius 1 is 1.19 bits per heavy atom. The number of nitrogens with zero attached hydrogens (tertiary/aromatic N) is 1. The maximum Gasteiger partial charge on any atom is 0.322 e. The van der Waals surface area contributed by atoms with E-state index in [9.17, 15) is 14.0 Å². The minimum absolute atomic E-state index is 0.0417. The molecule has 0 saturated carbocycles. The zero-order valence-electron chi connectivity index (χ0n) is 18.1. The Morgan fingerprint density at radius 2 is 1.94 bits per heavy atom. The van der Waals surface area contributed by atoms with E-state index in [1.807, 2.05) is 19.1 Å². The average Bonchev–Trinajstić information content (AvgIpc) is 3.31. The van der Waals surface area contributed by atoms with E-state index in [1.54, 1.807) is 18.2 Å². The van der Waals surface area contributed by atoms with E-state index in [1.165, 1.54) is 6.07 Å². The number of piperidine rings is 1. The molecular weight excluding hydrogens is 397 g/mol. The van der Waals surface area contributed by atoms with Gasteiger partial charge in [0.05, 0.1) is 0 Å². The third-order valence-corrected chi connectivity index (χ3v) is 6.81. The summed E-state index contributed by atoms with van der Waals surface area (Å²) in [5.74, 6) is 1.55.